The molecule has 1 aromatic heterocycles. The van der Waals surface area contributed by atoms with E-state index in [0.717, 1.165) is 24.4 Å². The van der Waals surface area contributed by atoms with Gasteiger partial charge in [0.1, 0.15) is 11.5 Å². The molecule has 0 amide bonds. The summed E-state index contributed by atoms with van der Waals surface area (Å²) in [5.41, 5.74) is 2.92. The van der Waals surface area contributed by atoms with E-state index < -0.39 is 0 Å². The molecule has 0 aliphatic heterocycles. The first-order valence-electron chi connectivity index (χ1n) is 6.68. The third kappa shape index (κ3) is 2.46. The van der Waals surface area contributed by atoms with E-state index in [1.165, 1.54) is 5.56 Å². The highest BCUT2D eigenvalue weighted by molar-refractivity contribution is 5.96. The molecule has 1 aliphatic carbocycles. The van der Waals surface area contributed by atoms with Crippen LogP contribution in [0.1, 0.15) is 47.8 Å². The zero-order valence-electron chi connectivity index (χ0n) is 11.4. The van der Waals surface area contributed by atoms with Gasteiger partial charge in [0.2, 0.25) is 0 Å². The van der Waals surface area contributed by atoms with Crippen LogP contribution < -0.4 is 0 Å². The van der Waals surface area contributed by atoms with Crippen LogP contribution in [0, 0.1) is 5.41 Å². The van der Waals surface area contributed by atoms with Gasteiger partial charge in [0.15, 0.2) is 5.78 Å². The van der Waals surface area contributed by atoms with Crippen LogP contribution in [-0.2, 0) is 12.8 Å². The summed E-state index contributed by atoms with van der Waals surface area (Å²) in [7, 11) is 0. The maximum Gasteiger partial charge on any atom is 0.183 e. The second-order valence-electron chi connectivity index (χ2n) is 6.11. The van der Waals surface area contributed by atoms with Gasteiger partial charge in [-0.1, -0.05) is 44.2 Å². The van der Waals surface area contributed by atoms with Crippen molar-refractivity contribution in [2.24, 2.45) is 5.41 Å². The number of H-pyrrole nitrogens is 1. The average molecular weight is 254 g/mol. The molecule has 3 rings (SSSR count). The lowest BCUT2D eigenvalue weighted by atomic mass is 9.77. The minimum absolute atomic E-state index is 0.0423. The lowest BCUT2D eigenvalue weighted by molar-refractivity contribution is 0.0906. The van der Waals surface area contributed by atoms with Crippen molar-refractivity contribution in [3.05, 3.63) is 53.1 Å². The van der Waals surface area contributed by atoms with E-state index >= 15 is 0 Å². The number of rotatable bonds is 2. The van der Waals surface area contributed by atoms with E-state index in [9.17, 15) is 4.79 Å². The number of Topliss-reactive ketones (excluding diaryl/α,β-unsaturated/α-hetero) is 1. The molecule has 3 nitrogen and oxygen atoms in total. The third-order valence-electron chi connectivity index (χ3n) is 3.60. The second kappa shape index (κ2) is 4.34. The first-order chi connectivity index (χ1) is 9.03. The van der Waals surface area contributed by atoms with Crippen LogP contribution in [0.3, 0.4) is 0 Å². The molecule has 0 bridgehead atoms. The number of aromatic amines is 1. The van der Waals surface area contributed by atoms with Gasteiger partial charge in [0.25, 0.3) is 0 Å². The topological polar surface area (TPSA) is 45.8 Å². The number of fused-ring (bicyclic) bond motifs is 1. The molecule has 1 N–H and O–H groups in total. The summed E-state index contributed by atoms with van der Waals surface area (Å²) in [6, 6.07) is 10.2. The highest BCUT2D eigenvalue weighted by atomic mass is 16.1. The average Bonchev–Trinajstić information content (AvgIpc) is 2.71. The van der Waals surface area contributed by atoms with Gasteiger partial charge in [-0.15, -0.1) is 0 Å². The number of hydrogen-bond acceptors (Lipinski definition) is 2. The van der Waals surface area contributed by atoms with Crippen molar-refractivity contribution in [1.82, 2.24) is 9.97 Å². The Balaban J connectivity index is 1.89. The van der Waals surface area contributed by atoms with E-state index in [4.69, 9.17) is 0 Å². The molecule has 3 heteroatoms. The Morgan fingerprint density at radius 2 is 1.95 bits per heavy atom. The van der Waals surface area contributed by atoms with E-state index in [0.29, 0.717) is 12.1 Å². The van der Waals surface area contributed by atoms with E-state index in [1.54, 1.807) is 0 Å². The minimum Gasteiger partial charge on any atom is -0.345 e. The van der Waals surface area contributed by atoms with Crippen LogP contribution in [0.5, 0.6) is 0 Å². The Bertz CT molecular complexity index is 611. The van der Waals surface area contributed by atoms with Crippen molar-refractivity contribution in [3.8, 4) is 0 Å². The maximum atomic E-state index is 12.1. The summed E-state index contributed by atoms with van der Waals surface area (Å²) in [6.07, 6.45) is 2.24. The highest BCUT2D eigenvalue weighted by Crippen LogP contribution is 2.33. The molecule has 0 atom stereocenters. The maximum absolute atomic E-state index is 12.1. The van der Waals surface area contributed by atoms with Crippen molar-refractivity contribution < 1.29 is 4.79 Å². The van der Waals surface area contributed by atoms with Crippen molar-refractivity contribution in [1.29, 1.82) is 0 Å². The SMILES string of the molecule is CC1(C)CC(=O)c2nc(Cc3ccccc3)[nH]c2C1. The van der Waals surface area contributed by atoms with Crippen LogP contribution in [0.4, 0.5) is 0 Å². The summed E-state index contributed by atoms with van der Waals surface area (Å²) < 4.78 is 0. The molecule has 0 spiro atoms. The Kier molecular flexibility index (Phi) is 2.77. The number of hydrogen-bond donors (Lipinski definition) is 1. The Morgan fingerprint density at radius 1 is 1.21 bits per heavy atom. The molecule has 19 heavy (non-hydrogen) atoms. The number of nitrogens with zero attached hydrogens (tertiary/aromatic N) is 1. The van der Waals surface area contributed by atoms with Gasteiger partial charge >= 0.3 is 0 Å². The normalized spacial score (nSPS) is 17.3. The molecule has 0 saturated heterocycles. The number of imidazole rings is 1. The minimum atomic E-state index is 0.0423. The van der Waals surface area contributed by atoms with Gasteiger partial charge in [0.05, 0.1) is 0 Å². The molecule has 1 aromatic carbocycles. The third-order valence-corrected chi connectivity index (χ3v) is 3.60. The van der Waals surface area contributed by atoms with Crippen LogP contribution in [0.2, 0.25) is 0 Å². The zero-order chi connectivity index (χ0) is 13.5. The summed E-state index contributed by atoms with van der Waals surface area (Å²) in [4.78, 5) is 19.9. The fourth-order valence-electron chi connectivity index (χ4n) is 2.75. The lowest BCUT2D eigenvalue weighted by Gasteiger charge is -2.27. The zero-order valence-corrected chi connectivity index (χ0v) is 11.4. The van der Waals surface area contributed by atoms with Crippen molar-refractivity contribution in [2.75, 3.05) is 0 Å². The van der Waals surface area contributed by atoms with E-state index in [1.807, 2.05) is 18.2 Å². The largest absolute Gasteiger partial charge is 0.345 e. The summed E-state index contributed by atoms with van der Waals surface area (Å²) >= 11 is 0. The predicted octanol–water partition coefficient (Wildman–Crippen LogP) is 3.16. The molecule has 0 radical (unpaired) electrons. The lowest BCUT2D eigenvalue weighted by Crippen LogP contribution is -2.26. The molecule has 0 unspecified atom stereocenters. The fraction of sp³-hybridized carbons (Fsp3) is 0.375. The van der Waals surface area contributed by atoms with Crippen LogP contribution in [0.15, 0.2) is 30.3 Å². The summed E-state index contributed by atoms with van der Waals surface area (Å²) in [5.74, 6) is 1.06. The molecule has 1 aliphatic rings. The number of ketones is 1. The van der Waals surface area contributed by atoms with Crippen molar-refractivity contribution >= 4 is 5.78 Å². The Hall–Kier alpha value is -1.90. The first kappa shape index (κ1) is 12.2. The number of carbonyl (C=O) groups excluding carboxylic acids is 1. The fourth-order valence-corrected chi connectivity index (χ4v) is 2.75. The summed E-state index contributed by atoms with van der Waals surface area (Å²) in [5, 5.41) is 0. The van der Waals surface area contributed by atoms with Crippen LogP contribution in [-0.4, -0.2) is 15.8 Å². The molecule has 1 heterocycles. The van der Waals surface area contributed by atoms with Gasteiger partial charge in [-0.25, -0.2) is 4.98 Å². The molecule has 0 saturated carbocycles. The Morgan fingerprint density at radius 3 is 2.68 bits per heavy atom. The van der Waals surface area contributed by atoms with E-state index in [2.05, 4.69) is 35.9 Å². The quantitative estimate of drug-likeness (QED) is 0.894. The first-order valence-corrected chi connectivity index (χ1v) is 6.68. The number of aromatic nitrogens is 2. The van der Waals surface area contributed by atoms with Crippen molar-refractivity contribution in [2.45, 2.75) is 33.1 Å². The predicted molar refractivity (Wildman–Crippen MR) is 74.3 cm³/mol. The molecule has 2 aromatic rings. The molecule has 98 valence electrons. The van der Waals surface area contributed by atoms with Crippen LogP contribution in [0.25, 0.3) is 0 Å². The Labute approximate surface area is 113 Å². The number of carbonyl (C=O) groups is 1. The highest BCUT2D eigenvalue weighted by Gasteiger charge is 2.33. The standard InChI is InChI=1S/C16H18N2O/c1-16(2)9-12-15(13(19)10-16)18-14(17-12)8-11-6-4-3-5-7-11/h3-7H,8-10H2,1-2H3,(H,17,18). The van der Waals surface area contributed by atoms with E-state index in [-0.39, 0.29) is 11.2 Å². The number of nitrogens with one attached hydrogen (secondary N) is 1. The smallest absolute Gasteiger partial charge is 0.183 e. The van der Waals surface area contributed by atoms with Gasteiger partial charge in [-0.2, -0.15) is 0 Å². The molecule has 0 fully saturated rings. The molecular formula is C16H18N2O. The van der Waals surface area contributed by atoms with Gasteiger partial charge < -0.3 is 4.98 Å². The number of benzene rings is 1. The second-order valence-corrected chi connectivity index (χ2v) is 6.11. The monoisotopic (exact) mass is 254 g/mol. The van der Waals surface area contributed by atoms with Crippen LogP contribution >= 0.6 is 0 Å². The van der Waals surface area contributed by atoms with Gasteiger partial charge in [-0.3, -0.25) is 4.79 Å². The van der Waals surface area contributed by atoms with Gasteiger partial charge in [0, 0.05) is 18.5 Å². The van der Waals surface area contributed by atoms with Gasteiger partial charge in [-0.05, 0) is 17.4 Å². The summed E-state index contributed by atoms with van der Waals surface area (Å²) in [6.45, 7) is 4.26. The molecular weight excluding hydrogens is 236 g/mol. The van der Waals surface area contributed by atoms with Crippen molar-refractivity contribution in [3.63, 3.8) is 0 Å².